The lowest BCUT2D eigenvalue weighted by Crippen LogP contribution is -2.43. The highest BCUT2D eigenvalue weighted by Crippen LogP contribution is 2.45. The van der Waals surface area contributed by atoms with E-state index in [2.05, 4.69) is 22.8 Å². The summed E-state index contributed by atoms with van der Waals surface area (Å²) in [5.41, 5.74) is 3.59. The topological polar surface area (TPSA) is 105 Å². The maximum Gasteiger partial charge on any atom is 0.408 e. The van der Waals surface area contributed by atoms with Crippen LogP contribution in [0.25, 0.3) is 11.1 Å². The van der Waals surface area contributed by atoms with Gasteiger partial charge in [0.2, 0.25) is 5.91 Å². The third-order valence-electron chi connectivity index (χ3n) is 6.60. The Kier molecular flexibility index (Phi) is 5.83. The first kappa shape index (κ1) is 22.2. The molecule has 0 saturated heterocycles. The third-order valence-corrected chi connectivity index (χ3v) is 7.54. The largest absolute Gasteiger partial charge is 0.481 e. The normalized spacial score (nSPS) is 16.1. The monoisotopic (exact) mass is 476 g/mol. The van der Waals surface area contributed by atoms with Crippen LogP contribution in [0, 0.1) is 5.41 Å². The molecule has 0 radical (unpaired) electrons. The maximum atomic E-state index is 12.9. The van der Waals surface area contributed by atoms with Crippen molar-refractivity contribution in [2.24, 2.45) is 5.41 Å². The summed E-state index contributed by atoms with van der Waals surface area (Å²) < 4.78 is 5.59. The lowest BCUT2D eigenvalue weighted by molar-refractivity contribution is -0.143. The van der Waals surface area contributed by atoms with Gasteiger partial charge in [-0.3, -0.25) is 9.59 Å². The number of nitrogens with one attached hydrogen (secondary N) is 2. The van der Waals surface area contributed by atoms with Gasteiger partial charge in [0, 0.05) is 17.3 Å². The van der Waals surface area contributed by atoms with Crippen LogP contribution in [-0.2, 0) is 14.3 Å². The summed E-state index contributed by atoms with van der Waals surface area (Å²) >= 11 is 1.33. The minimum absolute atomic E-state index is 0.0371. The number of carbonyl (C=O) groups excluding carboxylic acids is 2. The van der Waals surface area contributed by atoms with Crippen molar-refractivity contribution in [3.8, 4) is 11.1 Å². The van der Waals surface area contributed by atoms with Gasteiger partial charge in [-0.25, -0.2) is 4.79 Å². The van der Waals surface area contributed by atoms with Gasteiger partial charge < -0.3 is 20.5 Å². The number of benzene rings is 2. The van der Waals surface area contributed by atoms with Crippen LogP contribution in [0.15, 0.2) is 66.0 Å². The Morgan fingerprint density at radius 1 is 1.00 bits per heavy atom. The summed E-state index contributed by atoms with van der Waals surface area (Å²) in [6.07, 6.45) is 0.368. The van der Waals surface area contributed by atoms with E-state index in [1.807, 2.05) is 41.8 Å². The molecule has 1 heterocycles. The predicted molar refractivity (Wildman–Crippen MR) is 128 cm³/mol. The van der Waals surface area contributed by atoms with E-state index < -0.39 is 29.4 Å². The molecule has 34 heavy (non-hydrogen) atoms. The fourth-order valence-electron chi connectivity index (χ4n) is 4.45. The second-order valence-corrected chi connectivity index (χ2v) is 9.70. The van der Waals surface area contributed by atoms with Gasteiger partial charge in [-0.2, -0.15) is 0 Å². The Hall–Kier alpha value is -3.65. The summed E-state index contributed by atoms with van der Waals surface area (Å²) in [6.45, 7) is 0.177. The molecule has 0 spiro atoms. The van der Waals surface area contributed by atoms with Crippen LogP contribution < -0.4 is 10.6 Å². The van der Waals surface area contributed by atoms with Crippen molar-refractivity contribution in [1.82, 2.24) is 10.6 Å². The molecule has 1 unspecified atom stereocenters. The van der Waals surface area contributed by atoms with Crippen molar-refractivity contribution in [3.05, 3.63) is 82.0 Å². The van der Waals surface area contributed by atoms with Crippen LogP contribution in [0.5, 0.6) is 0 Å². The Labute approximate surface area is 200 Å². The highest BCUT2D eigenvalue weighted by atomic mass is 32.1. The summed E-state index contributed by atoms with van der Waals surface area (Å²) in [5, 5.41) is 16.5. The Morgan fingerprint density at radius 3 is 2.21 bits per heavy atom. The summed E-state index contributed by atoms with van der Waals surface area (Å²) in [4.78, 5) is 37.7. The number of hydrogen-bond donors (Lipinski definition) is 3. The number of ether oxygens (including phenoxy) is 1. The first-order valence-corrected chi connectivity index (χ1v) is 12.0. The molecule has 3 aromatic rings. The average Bonchev–Trinajstić information content (AvgIpc) is 3.32. The molecular formula is C26H24N2O5S. The van der Waals surface area contributed by atoms with E-state index in [-0.39, 0.29) is 19.1 Å². The number of amides is 2. The molecule has 1 fully saturated rings. The molecule has 5 rings (SSSR count). The zero-order valence-corrected chi connectivity index (χ0v) is 19.1. The number of rotatable bonds is 8. The molecule has 1 aromatic heterocycles. The molecule has 1 saturated carbocycles. The van der Waals surface area contributed by atoms with Crippen molar-refractivity contribution in [3.63, 3.8) is 0 Å². The number of thiophene rings is 1. The SMILES string of the molecule is O=C(NC(C(=O)NCC1(C(=O)O)CC1)c1cccs1)OCC1c2ccccc2-c2ccccc21. The van der Waals surface area contributed by atoms with Crippen molar-refractivity contribution in [2.45, 2.75) is 24.8 Å². The molecule has 7 nitrogen and oxygen atoms in total. The van der Waals surface area contributed by atoms with Crippen molar-refractivity contribution in [2.75, 3.05) is 13.2 Å². The Morgan fingerprint density at radius 2 is 1.65 bits per heavy atom. The first-order chi connectivity index (χ1) is 16.5. The molecular weight excluding hydrogens is 452 g/mol. The van der Waals surface area contributed by atoms with Crippen LogP contribution in [0.4, 0.5) is 4.79 Å². The van der Waals surface area contributed by atoms with Crippen LogP contribution >= 0.6 is 11.3 Å². The molecule has 174 valence electrons. The molecule has 2 amide bonds. The third kappa shape index (κ3) is 4.17. The highest BCUT2D eigenvalue weighted by molar-refractivity contribution is 7.10. The number of hydrogen-bond acceptors (Lipinski definition) is 5. The van der Waals surface area contributed by atoms with Gasteiger partial charge in [0.1, 0.15) is 12.6 Å². The number of carboxylic acid groups (broad SMARTS) is 1. The lowest BCUT2D eigenvalue weighted by Gasteiger charge is -2.20. The number of aliphatic carboxylic acids is 1. The molecule has 2 aliphatic carbocycles. The quantitative estimate of drug-likeness (QED) is 0.449. The van der Waals surface area contributed by atoms with Crippen LogP contribution in [0.3, 0.4) is 0 Å². The molecule has 2 aromatic carbocycles. The van der Waals surface area contributed by atoms with Crippen LogP contribution in [-0.4, -0.2) is 36.2 Å². The van der Waals surface area contributed by atoms with E-state index >= 15 is 0 Å². The maximum absolute atomic E-state index is 12.9. The number of carbonyl (C=O) groups is 3. The zero-order valence-electron chi connectivity index (χ0n) is 18.3. The zero-order chi connectivity index (χ0) is 23.7. The summed E-state index contributed by atoms with van der Waals surface area (Å²) in [6, 6.07) is 18.7. The molecule has 0 aliphatic heterocycles. The minimum atomic E-state index is -0.958. The van der Waals surface area contributed by atoms with Gasteiger partial charge >= 0.3 is 12.1 Å². The molecule has 1 atom stereocenters. The van der Waals surface area contributed by atoms with E-state index in [0.29, 0.717) is 17.7 Å². The Balaban J connectivity index is 1.26. The fourth-order valence-corrected chi connectivity index (χ4v) is 5.23. The van der Waals surface area contributed by atoms with Gasteiger partial charge in [-0.15, -0.1) is 11.3 Å². The molecule has 8 heteroatoms. The lowest BCUT2D eigenvalue weighted by atomic mass is 9.98. The molecule has 0 bridgehead atoms. The van der Waals surface area contributed by atoms with Gasteiger partial charge in [0.15, 0.2) is 0 Å². The number of fused-ring (bicyclic) bond motifs is 3. The second kappa shape index (κ2) is 8.95. The van der Waals surface area contributed by atoms with Gasteiger partial charge in [0.25, 0.3) is 0 Å². The predicted octanol–water partition coefficient (Wildman–Crippen LogP) is 4.31. The van der Waals surface area contributed by atoms with Gasteiger partial charge in [-0.1, -0.05) is 54.6 Å². The Bertz CT molecular complexity index is 1190. The van der Waals surface area contributed by atoms with E-state index in [1.165, 1.54) is 11.3 Å². The molecule has 3 N–H and O–H groups in total. The number of alkyl carbamates (subject to hydrolysis) is 1. The van der Waals surface area contributed by atoms with Crippen molar-refractivity contribution < 1.29 is 24.2 Å². The van der Waals surface area contributed by atoms with Gasteiger partial charge in [0.05, 0.1) is 5.41 Å². The van der Waals surface area contributed by atoms with E-state index in [9.17, 15) is 19.5 Å². The first-order valence-electron chi connectivity index (χ1n) is 11.1. The van der Waals surface area contributed by atoms with E-state index in [4.69, 9.17) is 4.74 Å². The number of carboxylic acids is 1. The average molecular weight is 477 g/mol. The van der Waals surface area contributed by atoms with Gasteiger partial charge in [-0.05, 0) is 46.5 Å². The van der Waals surface area contributed by atoms with Crippen LogP contribution in [0.2, 0.25) is 0 Å². The van der Waals surface area contributed by atoms with Crippen LogP contribution in [0.1, 0.15) is 40.8 Å². The highest BCUT2D eigenvalue weighted by Gasteiger charge is 2.50. The second-order valence-electron chi connectivity index (χ2n) is 8.72. The van der Waals surface area contributed by atoms with Crippen molar-refractivity contribution >= 4 is 29.3 Å². The van der Waals surface area contributed by atoms with E-state index in [0.717, 1.165) is 22.3 Å². The summed E-state index contributed by atoms with van der Waals surface area (Å²) in [5.74, 6) is -1.45. The fraction of sp³-hybridized carbons (Fsp3) is 0.269. The smallest absolute Gasteiger partial charge is 0.408 e. The standard InChI is InChI=1S/C26H24N2O5S/c29-23(27-15-26(11-12-26)24(30)31)22(21-10-5-13-34-21)28-25(32)33-14-20-18-8-3-1-6-16(18)17-7-2-4-9-19(17)20/h1-10,13,20,22H,11-12,14-15H2,(H,27,29)(H,28,32)(H,30,31). The minimum Gasteiger partial charge on any atom is -0.481 e. The van der Waals surface area contributed by atoms with Crippen molar-refractivity contribution in [1.29, 1.82) is 0 Å². The summed E-state index contributed by atoms with van der Waals surface area (Å²) in [7, 11) is 0. The van der Waals surface area contributed by atoms with E-state index in [1.54, 1.807) is 12.1 Å². The molecule has 2 aliphatic rings.